The predicted molar refractivity (Wildman–Crippen MR) is 109 cm³/mol. The number of aromatic nitrogens is 1. The topological polar surface area (TPSA) is 95.0 Å². The maximum absolute atomic E-state index is 12.7. The summed E-state index contributed by atoms with van der Waals surface area (Å²) >= 11 is 3.30. The van der Waals surface area contributed by atoms with Gasteiger partial charge in [0, 0.05) is 48.6 Å². The summed E-state index contributed by atoms with van der Waals surface area (Å²) in [4.78, 5) is 18.2. The molecular weight excluding hydrogens is 446 g/mol. The normalized spacial score (nSPS) is 16.3. The van der Waals surface area contributed by atoms with Gasteiger partial charge >= 0.3 is 0 Å². The van der Waals surface area contributed by atoms with Crippen molar-refractivity contribution in [2.24, 2.45) is 5.10 Å². The van der Waals surface area contributed by atoms with Gasteiger partial charge in [-0.15, -0.1) is 0 Å². The van der Waals surface area contributed by atoms with Gasteiger partial charge in [-0.1, -0.05) is 22.0 Å². The Balaban J connectivity index is 1.48. The van der Waals surface area contributed by atoms with Crippen LogP contribution in [0, 0.1) is 0 Å². The van der Waals surface area contributed by atoms with Crippen molar-refractivity contribution in [1.29, 1.82) is 0 Å². The fourth-order valence-corrected chi connectivity index (χ4v) is 4.44. The van der Waals surface area contributed by atoms with Crippen molar-refractivity contribution in [3.8, 4) is 0 Å². The Morgan fingerprint density at radius 1 is 1.18 bits per heavy atom. The van der Waals surface area contributed by atoms with E-state index in [-0.39, 0.29) is 17.3 Å². The van der Waals surface area contributed by atoms with Gasteiger partial charge in [0.05, 0.1) is 17.7 Å². The van der Waals surface area contributed by atoms with E-state index < -0.39 is 10.0 Å². The maximum atomic E-state index is 12.7. The lowest BCUT2D eigenvalue weighted by atomic mass is 10.3. The van der Waals surface area contributed by atoms with Gasteiger partial charge in [0.25, 0.3) is 5.91 Å². The number of pyridine rings is 1. The molecule has 8 nitrogen and oxygen atoms in total. The van der Waals surface area contributed by atoms with Crippen LogP contribution >= 0.6 is 15.9 Å². The number of carbonyl (C=O) groups excluding carboxylic acids is 1. The first kappa shape index (κ1) is 20.6. The van der Waals surface area contributed by atoms with E-state index in [1.165, 1.54) is 10.5 Å². The minimum atomic E-state index is -3.52. The molecule has 1 fully saturated rings. The van der Waals surface area contributed by atoms with Crippen LogP contribution in [0.15, 0.2) is 63.3 Å². The number of hydrogen-bond donors (Lipinski definition) is 1. The Morgan fingerprint density at radius 2 is 1.89 bits per heavy atom. The van der Waals surface area contributed by atoms with Gasteiger partial charge in [0.15, 0.2) is 0 Å². The molecule has 0 spiro atoms. The molecule has 0 unspecified atom stereocenters. The zero-order chi connectivity index (χ0) is 20.0. The number of sulfonamides is 1. The molecule has 0 radical (unpaired) electrons. The van der Waals surface area contributed by atoms with Gasteiger partial charge in [-0.2, -0.15) is 9.41 Å². The van der Waals surface area contributed by atoms with Crippen LogP contribution in [0.4, 0.5) is 0 Å². The van der Waals surface area contributed by atoms with Gasteiger partial charge in [0.1, 0.15) is 0 Å². The van der Waals surface area contributed by atoms with E-state index >= 15 is 0 Å². The van der Waals surface area contributed by atoms with Crippen LogP contribution in [0.2, 0.25) is 0 Å². The molecule has 1 aromatic carbocycles. The van der Waals surface area contributed by atoms with Crippen molar-refractivity contribution in [2.75, 3.05) is 32.7 Å². The summed E-state index contributed by atoms with van der Waals surface area (Å²) in [5.41, 5.74) is 3.26. The Bertz CT molecular complexity index is 927. The summed E-state index contributed by atoms with van der Waals surface area (Å²) in [6.45, 7) is 1.80. The third-order valence-electron chi connectivity index (χ3n) is 4.24. The first-order valence-electron chi connectivity index (χ1n) is 8.65. The molecule has 1 aliphatic heterocycles. The molecule has 0 bridgehead atoms. The van der Waals surface area contributed by atoms with Crippen LogP contribution in [-0.2, 0) is 14.8 Å². The van der Waals surface area contributed by atoms with E-state index in [0.29, 0.717) is 26.2 Å². The summed E-state index contributed by atoms with van der Waals surface area (Å²) in [7, 11) is -3.52. The second-order valence-corrected chi connectivity index (χ2v) is 9.07. The van der Waals surface area contributed by atoms with E-state index in [1.54, 1.807) is 42.7 Å². The van der Waals surface area contributed by atoms with Crippen LogP contribution in [0.5, 0.6) is 0 Å². The SMILES string of the molecule is O=C(CN1CCN(S(=O)(=O)c2ccc(Br)cc2)CC1)N/N=C\c1cccnc1. The molecule has 1 aliphatic rings. The summed E-state index contributed by atoms with van der Waals surface area (Å²) in [5.74, 6) is -0.246. The minimum Gasteiger partial charge on any atom is -0.292 e. The molecule has 1 N–H and O–H groups in total. The zero-order valence-electron chi connectivity index (χ0n) is 15.0. The molecule has 1 amide bonds. The highest BCUT2D eigenvalue weighted by molar-refractivity contribution is 9.10. The molecule has 28 heavy (non-hydrogen) atoms. The molecule has 10 heteroatoms. The molecule has 1 aromatic heterocycles. The fourth-order valence-electron chi connectivity index (χ4n) is 2.75. The monoisotopic (exact) mass is 465 g/mol. The lowest BCUT2D eigenvalue weighted by Crippen LogP contribution is -2.50. The third-order valence-corrected chi connectivity index (χ3v) is 6.68. The van der Waals surface area contributed by atoms with Crippen molar-refractivity contribution < 1.29 is 13.2 Å². The van der Waals surface area contributed by atoms with Crippen LogP contribution in [-0.4, -0.2) is 67.5 Å². The van der Waals surface area contributed by atoms with Crippen molar-refractivity contribution in [1.82, 2.24) is 19.6 Å². The average molecular weight is 466 g/mol. The summed E-state index contributed by atoms with van der Waals surface area (Å²) in [6, 6.07) is 10.2. The minimum absolute atomic E-state index is 0.163. The van der Waals surface area contributed by atoms with E-state index in [1.807, 2.05) is 11.0 Å². The quantitative estimate of drug-likeness (QED) is 0.512. The molecule has 2 aromatic rings. The Labute approximate surface area is 172 Å². The summed E-state index contributed by atoms with van der Waals surface area (Å²) in [5, 5.41) is 3.91. The molecule has 0 saturated carbocycles. The number of nitrogens with zero attached hydrogens (tertiary/aromatic N) is 4. The third kappa shape index (κ3) is 5.44. The van der Waals surface area contributed by atoms with E-state index in [0.717, 1.165) is 10.0 Å². The van der Waals surface area contributed by atoms with E-state index in [9.17, 15) is 13.2 Å². The van der Waals surface area contributed by atoms with Crippen molar-refractivity contribution in [2.45, 2.75) is 4.90 Å². The standard InChI is InChI=1S/C18H20BrN5O3S/c19-16-3-5-17(6-4-16)28(26,27)24-10-8-23(9-11-24)14-18(25)22-21-13-15-2-1-7-20-12-15/h1-7,12-13H,8-11,14H2,(H,22,25)/b21-13-. The number of amides is 1. The Hall–Kier alpha value is -2.14. The largest absolute Gasteiger partial charge is 0.292 e. The Kier molecular flexibility index (Phi) is 6.89. The highest BCUT2D eigenvalue weighted by atomic mass is 79.9. The highest BCUT2D eigenvalue weighted by Gasteiger charge is 2.28. The number of hydrazone groups is 1. The van der Waals surface area contributed by atoms with E-state index in [2.05, 4.69) is 31.4 Å². The highest BCUT2D eigenvalue weighted by Crippen LogP contribution is 2.20. The second kappa shape index (κ2) is 9.37. The lowest BCUT2D eigenvalue weighted by molar-refractivity contribution is -0.122. The average Bonchev–Trinajstić information content (AvgIpc) is 2.69. The molecular formula is C18H20BrN5O3S. The van der Waals surface area contributed by atoms with Crippen LogP contribution < -0.4 is 5.43 Å². The van der Waals surface area contributed by atoms with Crippen molar-refractivity contribution in [3.05, 3.63) is 58.8 Å². The van der Waals surface area contributed by atoms with Gasteiger partial charge in [-0.05, 0) is 30.3 Å². The van der Waals surface area contributed by atoms with Crippen LogP contribution in [0.3, 0.4) is 0 Å². The number of piperazine rings is 1. The number of carbonyl (C=O) groups is 1. The first-order valence-corrected chi connectivity index (χ1v) is 10.9. The van der Waals surface area contributed by atoms with Gasteiger partial charge < -0.3 is 0 Å². The second-order valence-electron chi connectivity index (χ2n) is 6.21. The number of nitrogens with one attached hydrogen (secondary N) is 1. The van der Waals surface area contributed by atoms with Crippen molar-refractivity contribution in [3.63, 3.8) is 0 Å². The lowest BCUT2D eigenvalue weighted by Gasteiger charge is -2.33. The number of halogens is 1. The molecule has 2 heterocycles. The number of rotatable bonds is 6. The summed E-state index contributed by atoms with van der Waals surface area (Å²) < 4.78 is 27.7. The molecule has 0 atom stereocenters. The predicted octanol–water partition coefficient (Wildman–Crippen LogP) is 1.30. The first-order chi connectivity index (χ1) is 13.4. The van der Waals surface area contributed by atoms with Crippen LogP contribution in [0.25, 0.3) is 0 Å². The van der Waals surface area contributed by atoms with Gasteiger partial charge in [-0.3, -0.25) is 14.7 Å². The zero-order valence-corrected chi connectivity index (χ0v) is 17.4. The molecule has 1 saturated heterocycles. The fraction of sp³-hybridized carbons (Fsp3) is 0.278. The van der Waals surface area contributed by atoms with Gasteiger partial charge in [-0.25, -0.2) is 13.8 Å². The summed E-state index contributed by atoms with van der Waals surface area (Å²) in [6.07, 6.45) is 4.82. The maximum Gasteiger partial charge on any atom is 0.254 e. The molecule has 3 rings (SSSR count). The van der Waals surface area contributed by atoms with Gasteiger partial charge in [0.2, 0.25) is 10.0 Å². The Morgan fingerprint density at radius 3 is 2.54 bits per heavy atom. The molecule has 148 valence electrons. The smallest absolute Gasteiger partial charge is 0.254 e. The number of benzene rings is 1. The van der Waals surface area contributed by atoms with Crippen LogP contribution in [0.1, 0.15) is 5.56 Å². The number of hydrogen-bond acceptors (Lipinski definition) is 6. The molecule has 0 aliphatic carbocycles. The van der Waals surface area contributed by atoms with Crippen molar-refractivity contribution >= 4 is 38.1 Å². The van der Waals surface area contributed by atoms with E-state index in [4.69, 9.17) is 0 Å².